The Morgan fingerprint density at radius 2 is 1.80 bits per heavy atom. The largest absolute Gasteiger partial charge is 0.444 e. The van der Waals surface area contributed by atoms with Crippen molar-refractivity contribution in [2.75, 3.05) is 6.54 Å². The predicted octanol–water partition coefficient (Wildman–Crippen LogP) is 4.60. The number of nitrogens with zero attached hydrogens (tertiary/aromatic N) is 2. The Balaban J connectivity index is 1.74. The lowest BCUT2D eigenvalue weighted by Gasteiger charge is -2.29. The Morgan fingerprint density at radius 3 is 2.47 bits per heavy atom. The minimum absolute atomic E-state index is 0.0113. The number of rotatable bonds is 3. The molecular weight excluding hydrogens is 378 g/mol. The van der Waals surface area contributed by atoms with Crippen LogP contribution in [0.25, 0.3) is 11.3 Å². The van der Waals surface area contributed by atoms with Gasteiger partial charge in [-0.1, -0.05) is 30.3 Å². The van der Waals surface area contributed by atoms with Gasteiger partial charge < -0.3 is 9.72 Å². The summed E-state index contributed by atoms with van der Waals surface area (Å²) in [5, 5.41) is 0. The van der Waals surface area contributed by atoms with Crippen LogP contribution in [-0.4, -0.2) is 38.9 Å². The second-order valence-corrected chi connectivity index (χ2v) is 8.49. The van der Waals surface area contributed by atoms with Gasteiger partial charge in [-0.05, 0) is 44.0 Å². The third kappa shape index (κ3) is 4.13. The van der Waals surface area contributed by atoms with Crippen molar-refractivity contribution in [1.29, 1.82) is 0 Å². The smallest absolute Gasteiger partial charge is 0.411 e. The molecule has 1 aliphatic heterocycles. The highest BCUT2D eigenvalue weighted by Gasteiger charge is 2.34. The summed E-state index contributed by atoms with van der Waals surface area (Å²) in [6.07, 6.45) is 3.61. The predicted molar refractivity (Wildman–Crippen MR) is 114 cm³/mol. The number of nitrogens with one attached hydrogen (secondary N) is 1. The van der Waals surface area contributed by atoms with Gasteiger partial charge in [0.25, 0.3) is 0 Å². The average molecular weight is 403 g/mol. The second kappa shape index (κ2) is 7.78. The molecule has 1 aromatic carbocycles. The van der Waals surface area contributed by atoms with E-state index < -0.39 is 11.7 Å². The molecule has 3 aromatic rings. The zero-order valence-corrected chi connectivity index (χ0v) is 17.4. The van der Waals surface area contributed by atoms with Crippen LogP contribution in [0.5, 0.6) is 0 Å². The molecule has 0 radical (unpaired) electrons. The molecule has 0 saturated heterocycles. The molecule has 0 atom stereocenters. The quantitative estimate of drug-likeness (QED) is 0.693. The van der Waals surface area contributed by atoms with Crippen LogP contribution in [0.2, 0.25) is 0 Å². The molecule has 1 aliphatic rings. The molecule has 6 nitrogen and oxygen atoms in total. The van der Waals surface area contributed by atoms with E-state index in [1.165, 1.54) is 4.90 Å². The molecule has 1 N–H and O–H groups in total. The number of carbonyl (C=O) groups is 2. The second-order valence-electron chi connectivity index (χ2n) is 8.49. The van der Waals surface area contributed by atoms with E-state index in [0.29, 0.717) is 18.5 Å². The lowest BCUT2D eigenvalue weighted by Crippen LogP contribution is -2.42. The van der Waals surface area contributed by atoms with Gasteiger partial charge in [-0.2, -0.15) is 0 Å². The van der Waals surface area contributed by atoms with E-state index in [0.717, 1.165) is 28.1 Å². The number of amides is 1. The minimum atomic E-state index is -0.614. The van der Waals surface area contributed by atoms with Crippen molar-refractivity contribution in [2.24, 2.45) is 0 Å². The van der Waals surface area contributed by atoms with Crippen LogP contribution in [-0.2, 0) is 17.7 Å². The van der Waals surface area contributed by atoms with Crippen molar-refractivity contribution in [3.8, 4) is 11.3 Å². The third-order valence-electron chi connectivity index (χ3n) is 4.99. The third-order valence-corrected chi connectivity index (χ3v) is 4.99. The fourth-order valence-electron chi connectivity index (χ4n) is 3.75. The number of Topliss-reactive ketones (excluding diaryl/α,β-unsaturated/α-hetero) is 1. The molecule has 0 fully saturated rings. The SMILES string of the molecule is CC(C)(C)OC(=O)N1CC(=O)c2c([nH]c(-c3ccncc3)c2Cc2ccccc2)C1. The van der Waals surface area contributed by atoms with E-state index in [1.807, 2.05) is 51.1 Å². The molecule has 1 amide bonds. The molecule has 30 heavy (non-hydrogen) atoms. The molecule has 0 saturated carbocycles. The van der Waals surface area contributed by atoms with Crippen molar-refractivity contribution < 1.29 is 14.3 Å². The highest BCUT2D eigenvalue weighted by atomic mass is 16.6. The summed E-state index contributed by atoms with van der Waals surface area (Å²) in [5.41, 5.74) is 4.75. The van der Waals surface area contributed by atoms with Gasteiger partial charge in [-0.15, -0.1) is 0 Å². The fraction of sp³-hybridized carbons (Fsp3) is 0.292. The van der Waals surface area contributed by atoms with E-state index in [4.69, 9.17) is 4.74 Å². The zero-order chi connectivity index (χ0) is 21.3. The molecular formula is C24H25N3O3. The highest BCUT2D eigenvalue weighted by Crippen LogP contribution is 2.33. The van der Waals surface area contributed by atoms with Gasteiger partial charge in [0.1, 0.15) is 5.60 Å². The zero-order valence-electron chi connectivity index (χ0n) is 17.4. The van der Waals surface area contributed by atoms with E-state index in [1.54, 1.807) is 12.4 Å². The summed E-state index contributed by atoms with van der Waals surface area (Å²) in [7, 11) is 0. The van der Waals surface area contributed by atoms with E-state index in [2.05, 4.69) is 22.1 Å². The van der Waals surface area contributed by atoms with Crippen molar-refractivity contribution in [3.63, 3.8) is 0 Å². The number of pyridine rings is 1. The van der Waals surface area contributed by atoms with Crippen LogP contribution in [0.4, 0.5) is 4.79 Å². The average Bonchev–Trinajstić information content (AvgIpc) is 3.07. The van der Waals surface area contributed by atoms with Crippen LogP contribution in [0, 0.1) is 0 Å². The lowest BCUT2D eigenvalue weighted by atomic mass is 9.94. The summed E-state index contributed by atoms with van der Waals surface area (Å²) >= 11 is 0. The van der Waals surface area contributed by atoms with Crippen molar-refractivity contribution in [2.45, 2.75) is 39.3 Å². The number of H-pyrrole nitrogens is 1. The van der Waals surface area contributed by atoms with E-state index in [-0.39, 0.29) is 12.3 Å². The Kier molecular flexibility index (Phi) is 5.16. The molecule has 0 unspecified atom stereocenters. The molecule has 3 heterocycles. The number of hydrogen-bond acceptors (Lipinski definition) is 4. The maximum atomic E-state index is 13.1. The number of hydrogen-bond donors (Lipinski definition) is 1. The van der Waals surface area contributed by atoms with Crippen LogP contribution >= 0.6 is 0 Å². The van der Waals surface area contributed by atoms with Crippen molar-refractivity contribution >= 4 is 11.9 Å². The molecule has 154 valence electrons. The summed E-state index contributed by atoms with van der Waals surface area (Å²) < 4.78 is 5.47. The summed E-state index contributed by atoms with van der Waals surface area (Å²) in [6.45, 7) is 5.77. The first-order valence-electron chi connectivity index (χ1n) is 10.0. The van der Waals surface area contributed by atoms with Gasteiger partial charge in [0, 0.05) is 35.6 Å². The van der Waals surface area contributed by atoms with Gasteiger partial charge in [0.15, 0.2) is 5.78 Å². The standard InChI is InChI=1S/C24H25N3O3/c1-24(2,3)30-23(29)27-14-19-21(20(28)15-27)18(13-16-7-5-4-6-8-16)22(26-19)17-9-11-25-12-10-17/h4-12,26H,13-15H2,1-3H3. The Morgan fingerprint density at radius 1 is 1.10 bits per heavy atom. The topological polar surface area (TPSA) is 75.3 Å². The van der Waals surface area contributed by atoms with Crippen molar-refractivity contribution in [1.82, 2.24) is 14.9 Å². The maximum Gasteiger partial charge on any atom is 0.411 e. The van der Waals surface area contributed by atoms with Crippen LogP contribution in [0.1, 0.15) is 48.0 Å². The van der Waals surface area contributed by atoms with Crippen LogP contribution in [0.3, 0.4) is 0 Å². The number of carbonyl (C=O) groups excluding carboxylic acids is 2. The molecule has 0 spiro atoms. The minimum Gasteiger partial charge on any atom is -0.444 e. The molecule has 0 aliphatic carbocycles. The molecule has 6 heteroatoms. The fourth-order valence-corrected chi connectivity index (χ4v) is 3.75. The van der Waals surface area contributed by atoms with Crippen molar-refractivity contribution in [3.05, 3.63) is 77.2 Å². The summed E-state index contributed by atoms with van der Waals surface area (Å²) in [6, 6.07) is 13.9. The number of benzene rings is 1. The molecule has 2 aromatic heterocycles. The van der Waals surface area contributed by atoms with E-state index >= 15 is 0 Å². The van der Waals surface area contributed by atoms with Gasteiger partial charge in [0.2, 0.25) is 0 Å². The highest BCUT2D eigenvalue weighted by molar-refractivity contribution is 6.04. The maximum absolute atomic E-state index is 13.1. The first kappa shape index (κ1) is 19.9. The summed E-state index contributed by atoms with van der Waals surface area (Å²) in [5.74, 6) is -0.0791. The van der Waals surface area contributed by atoms with Crippen LogP contribution in [0.15, 0.2) is 54.9 Å². The number of ether oxygens (including phenoxy) is 1. The lowest BCUT2D eigenvalue weighted by molar-refractivity contribution is 0.0218. The van der Waals surface area contributed by atoms with Gasteiger partial charge >= 0.3 is 6.09 Å². The Hall–Kier alpha value is -3.41. The molecule has 0 bridgehead atoms. The Bertz CT molecular complexity index is 1070. The Labute approximate surface area is 175 Å². The number of ketones is 1. The summed E-state index contributed by atoms with van der Waals surface area (Å²) in [4.78, 5) is 34.7. The first-order valence-corrected chi connectivity index (χ1v) is 10.0. The normalized spacial score (nSPS) is 13.8. The van der Waals surface area contributed by atoms with Gasteiger partial charge in [-0.25, -0.2) is 4.79 Å². The first-order chi connectivity index (χ1) is 14.3. The number of aromatic amines is 1. The molecule has 4 rings (SSSR count). The van der Waals surface area contributed by atoms with E-state index in [9.17, 15) is 9.59 Å². The van der Waals surface area contributed by atoms with Gasteiger partial charge in [-0.3, -0.25) is 14.7 Å². The van der Waals surface area contributed by atoms with Gasteiger partial charge in [0.05, 0.1) is 18.8 Å². The monoisotopic (exact) mass is 403 g/mol. The number of fused-ring (bicyclic) bond motifs is 1. The number of aromatic nitrogens is 2. The van der Waals surface area contributed by atoms with Crippen LogP contribution < -0.4 is 0 Å².